The maximum atomic E-state index is 15.9. The number of fused-ring (bicyclic) bond motifs is 3. The standard InChI is InChI=1S/C31H25N2O3P/c32-24-15-9-21(10-16-24)31(22-11-17-25(33)18-12-22,23-13-19-26(34)20-14-23)37(35)30-8-4-2-6-28(30)27-5-1-3-7-29(27)36-37/h1-20,34H,32-33H2. The number of rotatable bonds is 4. The van der Waals surface area contributed by atoms with Gasteiger partial charge in [0.05, 0.1) is 5.30 Å². The Hall–Kier alpha value is -4.47. The van der Waals surface area contributed by atoms with E-state index in [0.29, 0.717) is 28.0 Å². The van der Waals surface area contributed by atoms with E-state index < -0.39 is 12.5 Å². The third-order valence-corrected chi connectivity index (χ3v) is 10.1. The molecule has 1 aliphatic rings. The van der Waals surface area contributed by atoms with Crippen molar-refractivity contribution in [2.45, 2.75) is 5.16 Å². The summed E-state index contributed by atoms with van der Waals surface area (Å²) < 4.78 is 22.6. The minimum Gasteiger partial charge on any atom is -0.508 e. The van der Waals surface area contributed by atoms with Gasteiger partial charge in [0.15, 0.2) is 0 Å². The number of nitrogen functional groups attached to an aromatic ring is 2. The van der Waals surface area contributed by atoms with Crippen LogP contribution < -0.4 is 21.3 Å². The third kappa shape index (κ3) is 3.43. The van der Waals surface area contributed by atoms with Crippen molar-refractivity contribution in [3.05, 3.63) is 138 Å². The summed E-state index contributed by atoms with van der Waals surface area (Å²) in [6, 6.07) is 37.0. The molecule has 0 aliphatic carbocycles. The lowest BCUT2D eigenvalue weighted by Crippen LogP contribution is -2.38. The molecule has 0 saturated carbocycles. The predicted molar refractivity (Wildman–Crippen MR) is 149 cm³/mol. The Labute approximate surface area is 215 Å². The molecular formula is C31H25N2O3P. The average molecular weight is 505 g/mol. The average Bonchev–Trinajstić information content (AvgIpc) is 2.92. The van der Waals surface area contributed by atoms with Crippen LogP contribution in [0.25, 0.3) is 11.1 Å². The van der Waals surface area contributed by atoms with Gasteiger partial charge in [0.1, 0.15) is 16.7 Å². The Morgan fingerprint density at radius 1 is 0.595 bits per heavy atom. The number of aromatic hydroxyl groups is 1. The normalized spacial score (nSPS) is 16.3. The summed E-state index contributed by atoms with van der Waals surface area (Å²) in [7, 11) is -3.85. The number of phenolic OH excluding ortho intramolecular Hbond substituents is 1. The van der Waals surface area contributed by atoms with Crippen LogP contribution >= 0.6 is 7.37 Å². The van der Waals surface area contributed by atoms with Crippen LogP contribution in [0.5, 0.6) is 11.5 Å². The summed E-state index contributed by atoms with van der Waals surface area (Å²) in [6.45, 7) is 0. The highest BCUT2D eigenvalue weighted by Crippen LogP contribution is 2.71. The van der Waals surface area contributed by atoms with Gasteiger partial charge in [0, 0.05) is 16.9 Å². The highest BCUT2D eigenvalue weighted by atomic mass is 31.2. The van der Waals surface area contributed by atoms with Gasteiger partial charge in [-0.25, -0.2) is 0 Å². The molecular weight excluding hydrogens is 479 g/mol. The van der Waals surface area contributed by atoms with Crippen molar-refractivity contribution >= 4 is 24.0 Å². The van der Waals surface area contributed by atoms with E-state index in [-0.39, 0.29) is 5.75 Å². The molecule has 6 rings (SSSR count). The number of benzene rings is 5. The fourth-order valence-corrected chi connectivity index (χ4v) is 8.62. The van der Waals surface area contributed by atoms with Crippen LogP contribution in [-0.2, 0) is 9.72 Å². The van der Waals surface area contributed by atoms with Crippen molar-refractivity contribution in [2.75, 3.05) is 11.5 Å². The number of phenols is 1. The van der Waals surface area contributed by atoms with Gasteiger partial charge in [-0.3, -0.25) is 4.57 Å². The Kier molecular flexibility index (Phi) is 5.32. The first-order valence-electron chi connectivity index (χ1n) is 11.9. The first-order chi connectivity index (χ1) is 17.9. The van der Waals surface area contributed by atoms with Crippen LogP contribution in [0, 0.1) is 0 Å². The Balaban J connectivity index is 1.79. The highest BCUT2D eigenvalue weighted by Gasteiger charge is 2.57. The summed E-state index contributed by atoms with van der Waals surface area (Å²) in [6.07, 6.45) is 0. The quantitative estimate of drug-likeness (QED) is 0.147. The van der Waals surface area contributed by atoms with Gasteiger partial charge in [-0.2, -0.15) is 0 Å². The molecule has 1 unspecified atom stereocenters. The van der Waals surface area contributed by atoms with Gasteiger partial charge in [0.2, 0.25) is 0 Å². The topological polar surface area (TPSA) is 98.6 Å². The van der Waals surface area contributed by atoms with Crippen LogP contribution in [0.3, 0.4) is 0 Å². The lowest BCUT2D eigenvalue weighted by molar-refractivity contribution is 0.466. The molecule has 0 saturated heterocycles. The van der Waals surface area contributed by atoms with Gasteiger partial charge < -0.3 is 21.1 Å². The molecule has 5 nitrogen and oxygen atoms in total. The summed E-state index contributed by atoms with van der Waals surface area (Å²) in [5.41, 5.74) is 17.3. The lowest BCUT2D eigenvalue weighted by atomic mass is 9.83. The minimum atomic E-state index is -3.85. The second-order valence-corrected chi connectivity index (χ2v) is 11.6. The molecule has 0 radical (unpaired) electrons. The number of hydrogen-bond acceptors (Lipinski definition) is 5. The van der Waals surface area contributed by atoms with Crippen LogP contribution in [0.4, 0.5) is 11.4 Å². The maximum Gasteiger partial charge on any atom is 0.296 e. The van der Waals surface area contributed by atoms with Crippen LogP contribution in [-0.4, -0.2) is 5.11 Å². The lowest BCUT2D eigenvalue weighted by Gasteiger charge is -2.44. The zero-order chi connectivity index (χ0) is 25.6. The van der Waals surface area contributed by atoms with E-state index >= 15 is 4.57 Å². The SMILES string of the molecule is Nc1ccc(C(c2ccc(N)cc2)(c2ccc(O)cc2)P2(=O)Oc3ccccc3-c3ccccc32)cc1. The van der Waals surface area contributed by atoms with Crippen molar-refractivity contribution in [1.82, 2.24) is 0 Å². The van der Waals surface area contributed by atoms with E-state index in [2.05, 4.69) is 0 Å². The number of nitrogens with two attached hydrogens (primary N) is 2. The first kappa shape index (κ1) is 23.0. The van der Waals surface area contributed by atoms with Gasteiger partial charge >= 0.3 is 0 Å². The maximum absolute atomic E-state index is 15.9. The molecule has 0 fully saturated rings. The molecule has 5 aromatic rings. The zero-order valence-corrected chi connectivity index (χ0v) is 20.8. The van der Waals surface area contributed by atoms with Gasteiger partial charge in [-0.05, 0) is 70.8 Å². The molecule has 0 spiro atoms. The molecule has 5 aromatic carbocycles. The van der Waals surface area contributed by atoms with Crippen LogP contribution in [0.15, 0.2) is 121 Å². The largest absolute Gasteiger partial charge is 0.508 e. The Bertz CT molecular complexity index is 1540. The second-order valence-electron chi connectivity index (χ2n) is 9.16. The Morgan fingerprint density at radius 3 is 1.62 bits per heavy atom. The predicted octanol–water partition coefficient (Wildman–Crippen LogP) is 6.51. The second kappa shape index (κ2) is 8.58. The molecule has 5 N–H and O–H groups in total. The van der Waals surface area contributed by atoms with E-state index in [1.165, 1.54) is 0 Å². The third-order valence-electron chi connectivity index (χ3n) is 7.01. The smallest absolute Gasteiger partial charge is 0.296 e. The zero-order valence-electron chi connectivity index (χ0n) is 19.9. The molecule has 1 atom stereocenters. The molecule has 1 aliphatic heterocycles. The molecule has 37 heavy (non-hydrogen) atoms. The van der Waals surface area contributed by atoms with Crippen molar-refractivity contribution in [3.63, 3.8) is 0 Å². The summed E-state index contributed by atoms with van der Waals surface area (Å²) in [5.74, 6) is 0.666. The van der Waals surface area contributed by atoms with Crippen molar-refractivity contribution in [2.24, 2.45) is 0 Å². The summed E-state index contributed by atoms with van der Waals surface area (Å²) in [4.78, 5) is 0. The van der Waals surface area contributed by atoms with Gasteiger partial charge in [0.25, 0.3) is 7.37 Å². The monoisotopic (exact) mass is 504 g/mol. The van der Waals surface area contributed by atoms with Crippen LogP contribution in [0.1, 0.15) is 16.7 Å². The fraction of sp³-hybridized carbons (Fsp3) is 0.0323. The van der Waals surface area contributed by atoms with Gasteiger partial charge in [-0.1, -0.05) is 72.8 Å². The van der Waals surface area contributed by atoms with Crippen molar-refractivity contribution in [3.8, 4) is 22.6 Å². The van der Waals surface area contributed by atoms with Crippen molar-refractivity contribution < 1.29 is 14.2 Å². The summed E-state index contributed by atoms with van der Waals surface area (Å²) >= 11 is 0. The van der Waals surface area contributed by atoms with E-state index in [1.807, 2.05) is 72.8 Å². The minimum absolute atomic E-state index is 0.112. The van der Waals surface area contributed by atoms with E-state index in [9.17, 15) is 5.11 Å². The number of hydrogen-bond donors (Lipinski definition) is 3. The molecule has 6 heteroatoms. The molecule has 1 heterocycles. The Morgan fingerprint density at radius 2 is 1.05 bits per heavy atom. The molecule has 0 bridgehead atoms. The summed E-state index contributed by atoms with van der Waals surface area (Å²) in [5, 5.41) is 9.50. The molecule has 182 valence electrons. The van der Waals surface area contributed by atoms with Gasteiger partial charge in [-0.15, -0.1) is 0 Å². The molecule has 0 aromatic heterocycles. The van der Waals surface area contributed by atoms with Crippen molar-refractivity contribution in [1.29, 1.82) is 0 Å². The van der Waals surface area contributed by atoms with Crippen LogP contribution in [0.2, 0.25) is 0 Å². The van der Waals surface area contributed by atoms with E-state index in [0.717, 1.165) is 22.3 Å². The van der Waals surface area contributed by atoms with E-state index in [1.54, 1.807) is 48.5 Å². The first-order valence-corrected chi connectivity index (χ1v) is 13.6. The highest BCUT2D eigenvalue weighted by molar-refractivity contribution is 7.69. The fourth-order valence-electron chi connectivity index (χ4n) is 5.32. The molecule has 0 amide bonds. The van der Waals surface area contributed by atoms with E-state index in [4.69, 9.17) is 16.0 Å². The number of anilines is 2. The number of para-hydroxylation sites is 1.